The van der Waals surface area contributed by atoms with Crippen molar-refractivity contribution in [2.24, 2.45) is 0 Å². The number of benzene rings is 1. The van der Waals surface area contributed by atoms with E-state index in [9.17, 15) is 13.6 Å². The van der Waals surface area contributed by atoms with Crippen LogP contribution >= 0.6 is 0 Å². The normalized spacial score (nSPS) is 10.5. The zero-order chi connectivity index (χ0) is 17.8. The maximum absolute atomic E-state index is 13.5. The van der Waals surface area contributed by atoms with E-state index in [1.54, 1.807) is 6.92 Å². The highest BCUT2D eigenvalue weighted by atomic mass is 19.2. The topological polar surface area (TPSA) is 92.8 Å². The Bertz CT molecular complexity index is 896. The van der Waals surface area contributed by atoms with Gasteiger partial charge in [-0.3, -0.25) is 9.89 Å². The van der Waals surface area contributed by atoms with Gasteiger partial charge in [-0.05, 0) is 25.1 Å². The monoisotopic (exact) mass is 345 g/mol. The molecule has 25 heavy (non-hydrogen) atoms. The summed E-state index contributed by atoms with van der Waals surface area (Å²) in [6, 6.07) is 6.56. The molecule has 0 aliphatic carbocycles. The lowest BCUT2D eigenvalue weighted by Crippen LogP contribution is -2.15. The number of halogens is 2. The van der Waals surface area contributed by atoms with Crippen molar-refractivity contribution >= 4 is 11.6 Å². The summed E-state index contributed by atoms with van der Waals surface area (Å²) < 4.78 is 31.9. The van der Waals surface area contributed by atoms with Crippen molar-refractivity contribution in [1.82, 2.24) is 20.2 Å². The number of amides is 1. The molecule has 1 amide bonds. The summed E-state index contributed by atoms with van der Waals surface area (Å²) in [5.41, 5.74) is 0.421. The van der Waals surface area contributed by atoms with Crippen LogP contribution < -0.4 is 10.1 Å². The lowest BCUT2D eigenvalue weighted by atomic mass is 10.3. The Hall–Kier alpha value is -3.36. The molecule has 0 bridgehead atoms. The second-order valence-electron chi connectivity index (χ2n) is 5.10. The van der Waals surface area contributed by atoms with E-state index in [1.165, 1.54) is 30.5 Å². The fourth-order valence-corrected chi connectivity index (χ4v) is 2.01. The lowest BCUT2D eigenvalue weighted by Gasteiger charge is -2.07. The first kappa shape index (κ1) is 16.5. The van der Waals surface area contributed by atoms with Crippen LogP contribution in [0, 0.1) is 18.6 Å². The fraction of sp³-hybridized carbons (Fsp3) is 0.125. The number of anilines is 1. The molecule has 0 spiro atoms. The van der Waals surface area contributed by atoms with Crippen molar-refractivity contribution in [3.63, 3.8) is 0 Å². The summed E-state index contributed by atoms with van der Waals surface area (Å²) in [5.74, 6) is -1.63. The maximum Gasteiger partial charge on any atom is 0.232 e. The Morgan fingerprint density at radius 1 is 1.28 bits per heavy atom. The van der Waals surface area contributed by atoms with Crippen LogP contribution in [0.4, 0.5) is 14.5 Å². The van der Waals surface area contributed by atoms with E-state index in [4.69, 9.17) is 4.74 Å². The molecule has 0 fully saturated rings. The third-order valence-corrected chi connectivity index (χ3v) is 3.11. The molecule has 128 valence electrons. The number of nitrogens with zero attached hydrogens (tertiary/aromatic N) is 3. The van der Waals surface area contributed by atoms with Crippen molar-refractivity contribution in [2.45, 2.75) is 13.3 Å². The van der Waals surface area contributed by atoms with Gasteiger partial charge in [0.15, 0.2) is 17.4 Å². The highest BCUT2D eigenvalue weighted by molar-refractivity contribution is 5.91. The summed E-state index contributed by atoms with van der Waals surface area (Å²) >= 11 is 0. The smallest absolute Gasteiger partial charge is 0.232 e. The number of H-pyrrole nitrogens is 1. The van der Waals surface area contributed by atoms with Gasteiger partial charge in [-0.1, -0.05) is 6.07 Å². The van der Waals surface area contributed by atoms with E-state index in [0.29, 0.717) is 17.3 Å². The Labute approximate surface area is 141 Å². The molecule has 2 N–H and O–H groups in total. The summed E-state index contributed by atoms with van der Waals surface area (Å²) in [7, 11) is 0. The van der Waals surface area contributed by atoms with E-state index in [0.717, 1.165) is 6.07 Å². The van der Waals surface area contributed by atoms with Crippen molar-refractivity contribution < 1.29 is 18.3 Å². The van der Waals surface area contributed by atoms with Crippen LogP contribution in [0.1, 0.15) is 11.6 Å². The summed E-state index contributed by atoms with van der Waals surface area (Å²) in [6.45, 7) is 1.73. The molecule has 0 saturated carbocycles. The van der Waals surface area contributed by atoms with E-state index >= 15 is 0 Å². The van der Waals surface area contributed by atoms with Crippen molar-refractivity contribution in [2.75, 3.05) is 5.32 Å². The number of carbonyl (C=O) groups is 1. The van der Waals surface area contributed by atoms with Gasteiger partial charge in [-0.15, -0.1) is 0 Å². The van der Waals surface area contributed by atoms with Crippen molar-refractivity contribution in [3.05, 3.63) is 59.8 Å². The molecule has 3 rings (SSSR count). The average Bonchev–Trinajstić information content (AvgIpc) is 2.98. The number of nitrogens with one attached hydrogen (secondary N) is 2. The number of aromatic nitrogens is 4. The molecular weight excluding hydrogens is 332 g/mol. The molecule has 0 atom stereocenters. The van der Waals surface area contributed by atoms with Gasteiger partial charge in [0, 0.05) is 6.07 Å². The number of aromatic amines is 1. The van der Waals surface area contributed by atoms with Crippen LogP contribution in [-0.2, 0) is 11.2 Å². The second kappa shape index (κ2) is 7.04. The molecule has 1 aromatic carbocycles. The number of pyridine rings is 1. The lowest BCUT2D eigenvalue weighted by molar-refractivity contribution is -0.115. The van der Waals surface area contributed by atoms with E-state index in [1.807, 2.05) is 0 Å². The molecule has 2 aromatic heterocycles. The third-order valence-electron chi connectivity index (χ3n) is 3.11. The fourth-order valence-electron chi connectivity index (χ4n) is 2.01. The predicted molar refractivity (Wildman–Crippen MR) is 84.1 cm³/mol. The first-order valence-electron chi connectivity index (χ1n) is 7.27. The molecule has 0 radical (unpaired) electrons. The van der Waals surface area contributed by atoms with Crippen LogP contribution in [0.15, 0.2) is 36.5 Å². The number of hydrogen-bond acceptors (Lipinski definition) is 5. The van der Waals surface area contributed by atoms with Gasteiger partial charge in [0.25, 0.3) is 0 Å². The summed E-state index contributed by atoms with van der Waals surface area (Å²) in [5, 5.41) is 9.15. The van der Waals surface area contributed by atoms with Gasteiger partial charge < -0.3 is 10.1 Å². The Balaban J connectivity index is 1.62. The van der Waals surface area contributed by atoms with E-state index in [2.05, 4.69) is 25.5 Å². The van der Waals surface area contributed by atoms with Gasteiger partial charge in [-0.25, -0.2) is 14.4 Å². The molecule has 0 aliphatic heterocycles. The highest BCUT2D eigenvalue weighted by Gasteiger charge is 2.11. The molecule has 0 saturated heterocycles. The van der Waals surface area contributed by atoms with Crippen LogP contribution in [-0.4, -0.2) is 26.1 Å². The molecular formula is C16H13F2N5O2. The van der Waals surface area contributed by atoms with Gasteiger partial charge >= 0.3 is 0 Å². The predicted octanol–water partition coefficient (Wildman–Crippen LogP) is 2.76. The third kappa shape index (κ3) is 4.14. The zero-order valence-electron chi connectivity index (χ0n) is 13.1. The van der Waals surface area contributed by atoms with Crippen LogP contribution in [0.3, 0.4) is 0 Å². The van der Waals surface area contributed by atoms with Crippen molar-refractivity contribution in [1.29, 1.82) is 0 Å². The second-order valence-corrected chi connectivity index (χ2v) is 5.10. The van der Waals surface area contributed by atoms with E-state index in [-0.39, 0.29) is 24.0 Å². The molecule has 3 aromatic rings. The number of rotatable bonds is 5. The minimum absolute atomic E-state index is 0.0110. The van der Waals surface area contributed by atoms with Crippen molar-refractivity contribution in [3.8, 4) is 11.6 Å². The summed E-state index contributed by atoms with van der Waals surface area (Å²) in [6.07, 6.45) is 1.35. The first-order chi connectivity index (χ1) is 12.0. The Morgan fingerprint density at radius 3 is 2.80 bits per heavy atom. The Kier molecular flexibility index (Phi) is 4.64. The first-order valence-corrected chi connectivity index (χ1v) is 7.27. The SMILES string of the molecule is Cc1nc(CC(=O)Nc2ccc(Oc3cccc(F)c3F)nc2)n[nH]1. The van der Waals surface area contributed by atoms with Gasteiger partial charge in [-0.2, -0.15) is 9.49 Å². The average molecular weight is 345 g/mol. The van der Waals surface area contributed by atoms with Crippen LogP contribution in [0.2, 0.25) is 0 Å². The Morgan fingerprint density at radius 2 is 2.12 bits per heavy atom. The molecule has 9 heteroatoms. The maximum atomic E-state index is 13.5. The zero-order valence-corrected chi connectivity index (χ0v) is 13.1. The molecule has 2 heterocycles. The summed E-state index contributed by atoms with van der Waals surface area (Å²) in [4.78, 5) is 19.9. The largest absolute Gasteiger partial charge is 0.436 e. The van der Waals surface area contributed by atoms with Gasteiger partial charge in [0.05, 0.1) is 18.3 Å². The highest BCUT2D eigenvalue weighted by Crippen LogP contribution is 2.25. The quantitative estimate of drug-likeness (QED) is 0.742. The minimum atomic E-state index is -1.09. The minimum Gasteiger partial charge on any atom is -0.436 e. The number of aryl methyl sites for hydroxylation is 1. The molecule has 0 aliphatic rings. The number of ether oxygens (including phenoxy) is 1. The van der Waals surface area contributed by atoms with Gasteiger partial charge in [0.2, 0.25) is 17.6 Å². The molecule has 0 unspecified atom stereocenters. The van der Waals surface area contributed by atoms with Crippen LogP contribution in [0.25, 0.3) is 0 Å². The van der Waals surface area contributed by atoms with Gasteiger partial charge in [0.1, 0.15) is 5.82 Å². The number of hydrogen-bond donors (Lipinski definition) is 2. The number of carbonyl (C=O) groups excluding carboxylic acids is 1. The standard InChI is InChI=1S/C16H13F2N5O2/c1-9-20-13(23-22-9)7-14(24)21-10-5-6-15(19-8-10)25-12-4-2-3-11(17)16(12)18/h2-6,8H,7H2,1H3,(H,21,24)(H,20,22,23). The molecule has 7 nitrogen and oxygen atoms in total. The van der Waals surface area contributed by atoms with Crippen LogP contribution in [0.5, 0.6) is 11.6 Å². The van der Waals surface area contributed by atoms with E-state index < -0.39 is 11.6 Å².